The minimum Gasteiger partial charge on any atom is -0.481 e. The summed E-state index contributed by atoms with van der Waals surface area (Å²) in [5.74, 6) is 1.48. The lowest BCUT2D eigenvalue weighted by Crippen LogP contribution is -2.71. The van der Waals surface area contributed by atoms with Crippen LogP contribution in [-0.2, 0) is 9.59 Å². The molecule has 3 heteroatoms. The van der Waals surface area contributed by atoms with Crippen LogP contribution in [0.2, 0.25) is 0 Å². The van der Waals surface area contributed by atoms with E-state index in [0.29, 0.717) is 30.0 Å². The second kappa shape index (κ2) is 7.00. The quantitative estimate of drug-likeness (QED) is 0.401. The number of rotatable bonds is 1. The molecule has 5 aliphatic rings. The Morgan fingerprint density at radius 3 is 2.18 bits per heavy atom. The zero-order valence-electron chi connectivity index (χ0n) is 23.0. The van der Waals surface area contributed by atoms with Gasteiger partial charge in [0.1, 0.15) is 5.78 Å². The zero-order valence-corrected chi connectivity index (χ0v) is 23.0. The van der Waals surface area contributed by atoms with Crippen LogP contribution >= 0.6 is 0 Å². The maximum Gasteiger partial charge on any atom is 0.310 e. The van der Waals surface area contributed by atoms with E-state index in [9.17, 15) is 14.7 Å². The summed E-state index contributed by atoms with van der Waals surface area (Å²) in [6.07, 6.45) is 11.1. The van der Waals surface area contributed by atoms with Crippen molar-refractivity contribution in [1.29, 1.82) is 0 Å². The fraction of sp³-hybridized carbons (Fsp3) is 0.871. The number of aliphatic carboxylic acids is 1. The molecule has 190 valence electrons. The number of fused-ring (bicyclic) bond motifs is 7. The Hall–Kier alpha value is -1.12. The molecule has 3 nitrogen and oxygen atoms in total. The molecule has 0 aromatic heterocycles. The molecule has 9 atom stereocenters. The lowest BCUT2D eigenvalue weighted by Gasteiger charge is -2.76. The van der Waals surface area contributed by atoms with Crippen LogP contribution in [0.15, 0.2) is 11.6 Å². The molecule has 4 fully saturated rings. The number of carboxylic acid groups (broad SMARTS) is 1. The Labute approximate surface area is 207 Å². The van der Waals surface area contributed by atoms with Crippen molar-refractivity contribution in [3.05, 3.63) is 11.6 Å². The van der Waals surface area contributed by atoms with E-state index >= 15 is 0 Å². The van der Waals surface area contributed by atoms with Gasteiger partial charge in [0.25, 0.3) is 0 Å². The summed E-state index contributed by atoms with van der Waals surface area (Å²) in [7, 11) is 0. The van der Waals surface area contributed by atoms with Crippen LogP contribution in [0.4, 0.5) is 0 Å². The number of carbonyl (C=O) groups is 2. The highest BCUT2D eigenvalue weighted by atomic mass is 16.4. The van der Waals surface area contributed by atoms with E-state index in [1.165, 1.54) is 18.4 Å². The summed E-state index contributed by atoms with van der Waals surface area (Å²) >= 11 is 0. The summed E-state index contributed by atoms with van der Waals surface area (Å²) in [6, 6.07) is 0. The maximum atomic E-state index is 13.0. The van der Waals surface area contributed by atoms with Gasteiger partial charge in [-0.15, -0.1) is 0 Å². The molecule has 0 aromatic rings. The summed E-state index contributed by atoms with van der Waals surface area (Å²) < 4.78 is 0. The predicted octanol–water partition coefficient (Wildman–Crippen LogP) is 7.69. The molecular formula is C31H48O3. The number of carbonyl (C=O) groups excluding carboxylic acids is 1. The van der Waals surface area contributed by atoms with Crippen molar-refractivity contribution in [1.82, 2.24) is 0 Å². The number of hydrogen-bond donors (Lipinski definition) is 1. The van der Waals surface area contributed by atoms with Crippen LogP contribution in [0.3, 0.4) is 0 Å². The van der Waals surface area contributed by atoms with Crippen molar-refractivity contribution < 1.29 is 14.7 Å². The van der Waals surface area contributed by atoms with Crippen molar-refractivity contribution >= 4 is 11.8 Å². The highest BCUT2D eigenvalue weighted by Crippen LogP contribution is 2.80. The van der Waals surface area contributed by atoms with Crippen molar-refractivity contribution in [2.75, 3.05) is 0 Å². The molecule has 1 N–H and O–H groups in total. The molecule has 0 saturated heterocycles. The van der Waals surface area contributed by atoms with E-state index in [4.69, 9.17) is 0 Å². The molecule has 0 heterocycles. The third-order valence-corrected chi connectivity index (χ3v) is 14.1. The van der Waals surface area contributed by atoms with Crippen molar-refractivity contribution in [2.24, 2.45) is 56.2 Å². The summed E-state index contributed by atoms with van der Waals surface area (Å²) in [5.41, 5.74) is 1.05. The summed E-state index contributed by atoms with van der Waals surface area (Å²) in [4.78, 5) is 25.9. The third kappa shape index (κ3) is 2.55. The number of carboxylic acids is 1. The highest BCUT2D eigenvalue weighted by molar-refractivity contribution is 5.85. The monoisotopic (exact) mass is 468 g/mol. The van der Waals surface area contributed by atoms with Crippen LogP contribution in [0.5, 0.6) is 0 Å². The van der Waals surface area contributed by atoms with Crippen molar-refractivity contribution in [3.8, 4) is 0 Å². The molecule has 0 amide bonds. The van der Waals surface area contributed by atoms with Gasteiger partial charge in [-0.1, -0.05) is 60.1 Å². The minimum absolute atomic E-state index is 0.00697. The van der Waals surface area contributed by atoms with Gasteiger partial charge in [0, 0.05) is 11.8 Å². The first-order chi connectivity index (χ1) is 15.6. The number of allylic oxidation sites excluding steroid dienone is 2. The Morgan fingerprint density at radius 1 is 0.912 bits per heavy atom. The van der Waals surface area contributed by atoms with Gasteiger partial charge in [-0.3, -0.25) is 9.59 Å². The third-order valence-electron chi connectivity index (χ3n) is 14.1. The number of ketones is 1. The van der Waals surface area contributed by atoms with Gasteiger partial charge in [0.15, 0.2) is 0 Å². The Balaban J connectivity index is 1.62. The molecule has 0 spiro atoms. The average Bonchev–Trinajstić information content (AvgIpc) is 2.75. The van der Waals surface area contributed by atoms with Crippen LogP contribution in [0.25, 0.3) is 0 Å². The van der Waals surface area contributed by atoms with Gasteiger partial charge in [0.05, 0.1) is 5.41 Å². The second-order valence-corrected chi connectivity index (χ2v) is 14.9. The van der Waals surface area contributed by atoms with Gasteiger partial charge in [-0.25, -0.2) is 0 Å². The molecule has 4 saturated carbocycles. The van der Waals surface area contributed by atoms with E-state index in [2.05, 4.69) is 61.5 Å². The van der Waals surface area contributed by atoms with E-state index in [-0.39, 0.29) is 33.0 Å². The Kier molecular flexibility index (Phi) is 5.06. The minimum atomic E-state index is -0.614. The molecular weight excluding hydrogens is 420 g/mol. The smallest absolute Gasteiger partial charge is 0.310 e. The van der Waals surface area contributed by atoms with Gasteiger partial charge in [0.2, 0.25) is 0 Å². The molecule has 0 bridgehead atoms. The lowest BCUT2D eigenvalue weighted by molar-refractivity contribution is -0.274. The van der Waals surface area contributed by atoms with Crippen molar-refractivity contribution in [2.45, 2.75) is 113 Å². The van der Waals surface area contributed by atoms with E-state index in [1.54, 1.807) is 0 Å². The van der Waals surface area contributed by atoms with Crippen LogP contribution in [0.1, 0.15) is 113 Å². The molecule has 0 aromatic carbocycles. The summed E-state index contributed by atoms with van der Waals surface area (Å²) in [5, 5.41) is 10.6. The van der Waals surface area contributed by atoms with E-state index in [0.717, 1.165) is 38.5 Å². The fourth-order valence-electron chi connectivity index (χ4n) is 11.7. The first kappa shape index (κ1) is 24.6. The largest absolute Gasteiger partial charge is 0.481 e. The highest BCUT2D eigenvalue weighted by Gasteiger charge is 2.74. The van der Waals surface area contributed by atoms with Crippen LogP contribution in [-0.4, -0.2) is 16.9 Å². The number of hydrogen-bond acceptors (Lipinski definition) is 2. The topological polar surface area (TPSA) is 54.4 Å². The Bertz CT molecular complexity index is 962. The van der Waals surface area contributed by atoms with E-state index < -0.39 is 11.4 Å². The van der Waals surface area contributed by atoms with Gasteiger partial charge in [-0.2, -0.15) is 0 Å². The average molecular weight is 469 g/mol. The standard InChI is InChI=1S/C31H48O3/c1-19-9-16-31(25(33)34)18-17-30(8)28(6)14-10-21-26(3,4)23(32)12-13-27(21,5)22(28)11-15-29(30,7)24(31)20(19)2/h9,20-22,24H,10-18H2,1-8H3,(H,33,34). The lowest BCUT2D eigenvalue weighted by atomic mass is 9.28. The number of Topliss-reactive ketones (excluding diaryl/α,β-unsaturated/α-hetero) is 1. The van der Waals surface area contributed by atoms with Crippen molar-refractivity contribution in [3.63, 3.8) is 0 Å². The normalized spacial score (nSPS) is 54.1. The first-order valence-electron chi connectivity index (χ1n) is 14.1. The van der Waals surface area contributed by atoms with Gasteiger partial charge >= 0.3 is 5.97 Å². The zero-order chi connectivity index (χ0) is 25.1. The predicted molar refractivity (Wildman–Crippen MR) is 136 cm³/mol. The fourth-order valence-corrected chi connectivity index (χ4v) is 11.7. The molecule has 34 heavy (non-hydrogen) atoms. The molecule has 0 radical (unpaired) electrons. The molecule has 5 rings (SSSR count). The first-order valence-corrected chi connectivity index (χ1v) is 14.1. The van der Waals surface area contributed by atoms with E-state index in [1.807, 2.05) is 0 Å². The van der Waals surface area contributed by atoms with Gasteiger partial charge < -0.3 is 5.11 Å². The van der Waals surface area contributed by atoms with Crippen LogP contribution in [0, 0.1) is 56.2 Å². The molecule has 9 unspecified atom stereocenters. The molecule has 5 aliphatic carbocycles. The summed E-state index contributed by atoms with van der Waals surface area (Å²) in [6.45, 7) is 19.1. The molecule has 0 aliphatic heterocycles. The SMILES string of the molecule is CC1=CCC2(C(=O)O)CCC3(C)C(C)(CCC4C5(C)CCC(=O)C(C)(C)C5CCC43C)C2C1C. The maximum absolute atomic E-state index is 13.0. The Morgan fingerprint density at radius 2 is 1.53 bits per heavy atom. The van der Waals surface area contributed by atoms with Gasteiger partial charge in [-0.05, 0) is 104 Å². The van der Waals surface area contributed by atoms with Crippen LogP contribution < -0.4 is 0 Å². The second-order valence-electron chi connectivity index (χ2n) is 14.9.